The van der Waals surface area contributed by atoms with Crippen molar-refractivity contribution in [3.8, 4) is 5.88 Å². The minimum Gasteiger partial charge on any atom is -0.493 e. The van der Waals surface area contributed by atoms with Crippen molar-refractivity contribution in [1.29, 1.82) is 0 Å². The van der Waals surface area contributed by atoms with Gasteiger partial charge in [0.1, 0.15) is 23.2 Å². The van der Waals surface area contributed by atoms with Crippen LogP contribution in [0.25, 0.3) is 0 Å². The van der Waals surface area contributed by atoms with Gasteiger partial charge in [-0.3, -0.25) is 33.1 Å². The number of amides is 4. The van der Waals surface area contributed by atoms with Crippen LogP contribution in [0, 0.1) is 5.92 Å². The van der Waals surface area contributed by atoms with E-state index in [9.17, 15) is 43.3 Å². The highest BCUT2D eigenvalue weighted by Gasteiger charge is 2.50. The summed E-state index contributed by atoms with van der Waals surface area (Å²) in [5.74, 6) is -4.94. The summed E-state index contributed by atoms with van der Waals surface area (Å²) in [7, 11) is -3.03. The quantitative estimate of drug-likeness (QED) is 0.160. The number of carbonyl (C=O) groups is 5. The Morgan fingerprint density at radius 3 is 2.36 bits per heavy atom. The molecule has 0 unspecified atom stereocenters. The number of hydrogen-bond donors (Lipinski definition) is 7. The van der Waals surface area contributed by atoms with Gasteiger partial charge in [0.05, 0.1) is 23.5 Å². The predicted molar refractivity (Wildman–Crippen MR) is 180 cm³/mol. The smallest absolute Gasteiger partial charge is 0.287 e. The summed E-state index contributed by atoms with van der Waals surface area (Å²) in [5.41, 5.74) is 2.63. The number of nitrogens with two attached hydrogens (primary N) is 1. The van der Waals surface area contributed by atoms with Crippen LogP contribution in [0.2, 0.25) is 0 Å². The molecule has 4 heterocycles. The van der Waals surface area contributed by atoms with Gasteiger partial charge >= 0.3 is 0 Å². The number of hydrogen-bond acceptors (Lipinski definition) is 12. The average Bonchev–Trinajstić information content (AvgIpc) is 3.74. The highest BCUT2D eigenvalue weighted by molar-refractivity contribution is 8.24. The Hall–Kier alpha value is -4.13. The molecule has 4 amide bonds. The maximum absolute atomic E-state index is 14.6. The van der Waals surface area contributed by atoms with Gasteiger partial charge in [0, 0.05) is 36.7 Å². The fourth-order valence-corrected chi connectivity index (χ4v) is 8.80. The lowest BCUT2D eigenvalue weighted by Crippen LogP contribution is -2.64. The van der Waals surface area contributed by atoms with E-state index < -0.39 is 69.3 Å². The lowest BCUT2D eigenvalue weighted by atomic mass is 9.84. The number of pyridine rings is 1. The van der Waals surface area contributed by atoms with Crippen molar-refractivity contribution in [2.45, 2.75) is 101 Å². The van der Waals surface area contributed by atoms with E-state index in [4.69, 9.17) is 5.73 Å². The first-order valence-corrected chi connectivity index (χ1v) is 18.7. The van der Waals surface area contributed by atoms with Crippen LogP contribution in [0.3, 0.4) is 0 Å². The topological polar surface area (TPSA) is 263 Å². The van der Waals surface area contributed by atoms with Crippen molar-refractivity contribution in [3.63, 3.8) is 0 Å². The molecule has 18 heteroatoms. The van der Waals surface area contributed by atoms with Crippen LogP contribution in [0.4, 0.5) is 0 Å². The summed E-state index contributed by atoms with van der Waals surface area (Å²) >= 11 is 0. The monoisotopic (exact) mass is 718 g/mol. The summed E-state index contributed by atoms with van der Waals surface area (Å²) in [4.78, 5) is 72.7. The number of nitrogens with zero attached hydrogens (tertiary/aromatic N) is 5. The molecule has 274 valence electrons. The molecule has 3 fully saturated rings. The van der Waals surface area contributed by atoms with Gasteiger partial charge in [0.25, 0.3) is 11.8 Å². The molecule has 0 aromatic carbocycles. The fraction of sp³-hybridized carbons (Fsp3) is 0.625. The van der Waals surface area contributed by atoms with Crippen LogP contribution in [-0.2, 0) is 24.8 Å². The summed E-state index contributed by atoms with van der Waals surface area (Å²) < 4.78 is 21.9. The third kappa shape index (κ3) is 8.25. The maximum Gasteiger partial charge on any atom is 0.287 e. The van der Waals surface area contributed by atoms with Crippen LogP contribution < -0.4 is 16.4 Å². The second kappa shape index (κ2) is 14.6. The van der Waals surface area contributed by atoms with Gasteiger partial charge in [0.2, 0.25) is 23.5 Å². The molecule has 50 heavy (non-hydrogen) atoms. The first-order valence-electron chi connectivity index (χ1n) is 16.8. The van der Waals surface area contributed by atoms with E-state index in [1.807, 2.05) is 0 Å². The molecule has 3 atom stereocenters. The van der Waals surface area contributed by atoms with Crippen molar-refractivity contribution in [1.82, 2.24) is 35.5 Å². The summed E-state index contributed by atoms with van der Waals surface area (Å²) in [6.07, 6.45) is 7.09. The maximum atomic E-state index is 14.6. The second-order valence-corrected chi connectivity index (χ2v) is 16.6. The van der Waals surface area contributed by atoms with Gasteiger partial charge in [-0.25, -0.2) is 9.67 Å². The molecule has 2 aromatic heterocycles. The highest BCUT2D eigenvalue weighted by Crippen LogP contribution is 2.47. The first kappa shape index (κ1) is 37.1. The Morgan fingerprint density at radius 1 is 1.08 bits per heavy atom. The van der Waals surface area contributed by atoms with Crippen LogP contribution >= 0.6 is 10.6 Å². The molecule has 2 saturated heterocycles. The van der Waals surface area contributed by atoms with Crippen molar-refractivity contribution in [2.24, 2.45) is 11.7 Å². The van der Waals surface area contributed by atoms with Crippen molar-refractivity contribution < 1.29 is 43.3 Å². The number of aliphatic hydroxyl groups is 1. The molecule has 1 aliphatic carbocycles. The second-order valence-electron chi connectivity index (χ2n) is 14.2. The van der Waals surface area contributed by atoms with E-state index in [1.165, 1.54) is 34.1 Å². The first-order chi connectivity index (χ1) is 23.5. The lowest BCUT2D eigenvalue weighted by molar-refractivity contribution is -0.145. The minimum absolute atomic E-state index is 0.0218. The molecule has 3 aliphatic rings. The predicted octanol–water partition coefficient (Wildman–Crippen LogP) is 0.971. The number of primary amides is 1. The van der Waals surface area contributed by atoms with Gasteiger partial charge in [0.15, 0.2) is 0 Å². The van der Waals surface area contributed by atoms with Crippen LogP contribution in [0.15, 0.2) is 24.5 Å². The normalized spacial score (nSPS) is 23.4. The Labute approximate surface area is 290 Å². The molecule has 2 aliphatic heterocycles. The van der Waals surface area contributed by atoms with E-state index in [1.54, 1.807) is 13.8 Å². The Morgan fingerprint density at radius 2 is 1.76 bits per heavy atom. The van der Waals surface area contributed by atoms with E-state index >= 15 is 0 Å². The molecule has 0 radical (unpaired) electrons. The van der Waals surface area contributed by atoms with Gasteiger partial charge in [-0.05, 0) is 45.1 Å². The van der Waals surface area contributed by atoms with Crippen molar-refractivity contribution in [2.75, 3.05) is 18.1 Å². The number of carbonyl (C=O) groups excluding carboxylic acids is 5. The molecule has 0 spiro atoms. The molecule has 0 bridgehead atoms. The fourth-order valence-electron chi connectivity index (χ4n) is 7.24. The van der Waals surface area contributed by atoms with Crippen molar-refractivity contribution in [3.05, 3.63) is 35.8 Å². The number of ketones is 1. The Balaban J connectivity index is 1.49. The van der Waals surface area contributed by atoms with Crippen LogP contribution in [-0.4, -0.2) is 109 Å². The molecule has 2 aromatic rings. The zero-order valence-corrected chi connectivity index (χ0v) is 29.0. The van der Waals surface area contributed by atoms with E-state index in [0.717, 1.165) is 32.1 Å². The zero-order chi connectivity index (χ0) is 36.4. The average molecular weight is 719 g/mol. The highest BCUT2D eigenvalue weighted by atomic mass is 32.3. The van der Waals surface area contributed by atoms with Gasteiger partial charge < -0.3 is 31.5 Å². The van der Waals surface area contributed by atoms with Gasteiger partial charge in [-0.2, -0.15) is 10.6 Å². The van der Waals surface area contributed by atoms with E-state index in [-0.39, 0.29) is 54.7 Å². The summed E-state index contributed by atoms with van der Waals surface area (Å²) in [6.45, 7) is 3.02. The third-order valence-electron chi connectivity index (χ3n) is 10.1. The van der Waals surface area contributed by atoms with Crippen molar-refractivity contribution >= 4 is 40.0 Å². The molecule has 8 N–H and O–H groups in total. The number of likely N-dealkylation sites (tertiary alicyclic amines) is 1. The van der Waals surface area contributed by atoms with E-state index in [0.29, 0.717) is 12.1 Å². The van der Waals surface area contributed by atoms with Crippen LogP contribution in [0.1, 0.15) is 93.7 Å². The minimum atomic E-state index is -3.03. The molecular weight excluding hydrogens is 672 g/mol. The largest absolute Gasteiger partial charge is 0.493 e. The lowest BCUT2D eigenvalue weighted by Gasteiger charge is -2.45. The van der Waals surface area contributed by atoms with E-state index in [2.05, 4.69) is 25.9 Å². The summed E-state index contributed by atoms with van der Waals surface area (Å²) in [6, 6.07) is -0.329. The number of aromatic hydroxyl groups is 1. The number of nitrogens with one attached hydrogen (secondary N) is 2. The van der Waals surface area contributed by atoms with Crippen LogP contribution in [0.5, 0.6) is 5.88 Å². The molecular formula is C32H46N8O9S. The molecule has 17 nitrogen and oxygen atoms in total. The Kier molecular flexibility index (Phi) is 10.9. The van der Waals surface area contributed by atoms with Gasteiger partial charge in [-0.1, -0.05) is 37.3 Å². The number of rotatable bonds is 11. The third-order valence-corrected chi connectivity index (χ3v) is 11.8. The standard InChI is InChI=1S/C32H46N8O9S/c1-31(2,47)24-17-35-38-40(24)21-15-23(29(45)37-32(26(42)27(33)43)10-12-50(48,49)13-11-32)39(18-21)30(46)22(14-19-6-4-3-5-7-19)36-28(44)20-8-9-25(41)34-16-20/h8-9,16-17,19,21-23,47-49H,3-7,10-15,18H2,1-2H3,(H2,33,43)(H,34,41)(H,36,44)(H,37,45)/t21-,22+,23-/m0/s1. The summed E-state index contributed by atoms with van der Waals surface area (Å²) in [5, 5.41) is 34.0. The zero-order valence-electron chi connectivity index (χ0n) is 28.2. The van der Waals surface area contributed by atoms with Gasteiger partial charge in [-0.15, -0.1) is 5.10 Å². The number of aromatic nitrogens is 4. The number of Topliss-reactive ketones (excluding diaryl/α,β-unsaturated/α-hetero) is 1. The SMILES string of the molecule is CC(C)(O)c1cnnn1[C@H]1C[C@@H](C(=O)NC2(C(=O)C(N)=O)CCS(O)(O)CC2)N(C(=O)[C@@H](CC2CCCCC2)NC(=O)c2ccc(O)nc2)C1. The molecule has 5 rings (SSSR count). The molecule has 1 saturated carbocycles. The Bertz CT molecular complexity index is 1590.